The van der Waals surface area contributed by atoms with Gasteiger partial charge in [0.1, 0.15) is 5.38 Å². The van der Waals surface area contributed by atoms with E-state index >= 15 is 0 Å². The van der Waals surface area contributed by atoms with Crippen molar-refractivity contribution in [1.82, 2.24) is 14.8 Å². The monoisotopic (exact) mass is 684 g/mol. The second kappa shape index (κ2) is 12.5. The van der Waals surface area contributed by atoms with Crippen LogP contribution in [0, 0.1) is 5.92 Å². The third-order valence-corrected chi connectivity index (χ3v) is 7.19. The van der Waals surface area contributed by atoms with Gasteiger partial charge in [-0.25, -0.2) is 14.5 Å². The quantitative estimate of drug-likeness (QED) is 0.286. The third kappa shape index (κ3) is 7.55. The second-order valence-electron chi connectivity index (χ2n) is 7.88. The number of aromatic nitrogens is 3. The number of carboxylic acid groups (broad SMARTS) is 1. The molecule has 1 N–H and O–H groups in total. The highest BCUT2D eigenvalue weighted by Crippen LogP contribution is 2.39. The van der Waals surface area contributed by atoms with Crippen LogP contribution in [0.25, 0.3) is 5.69 Å². The second-order valence-corrected chi connectivity index (χ2v) is 11.8. The molecule has 3 aromatic rings. The topological polar surface area (TPSA) is 88.3 Å². The normalized spacial score (nSPS) is 17.7. The van der Waals surface area contributed by atoms with Crippen LogP contribution in [0.15, 0.2) is 42.5 Å². The number of carbonyl (C=O) groups excluding carboxylic acids is 1. The predicted molar refractivity (Wildman–Crippen MR) is 145 cm³/mol. The Labute approximate surface area is 254 Å². The van der Waals surface area contributed by atoms with Gasteiger partial charge in [-0.05, 0) is 36.4 Å². The summed E-state index contributed by atoms with van der Waals surface area (Å²) < 4.78 is 36.9. The highest BCUT2D eigenvalue weighted by Gasteiger charge is 2.40. The van der Waals surface area contributed by atoms with E-state index in [0.29, 0.717) is 5.02 Å². The number of hydrogen-bond donors (Lipinski definition) is 1. The molecular formula is C22H14Cl7F3N4O3. The number of amides is 1. The molecule has 2 heterocycles. The van der Waals surface area contributed by atoms with Gasteiger partial charge in [0.05, 0.1) is 16.3 Å². The van der Waals surface area contributed by atoms with Crippen LogP contribution in [0.2, 0.25) is 10.0 Å². The Balaban J connectivity index is 0.000000216. The molecule has 2 unspecified atom stereocenters. The minimum atomic E-state index is -4.44. The molecule has 1 saturated heterocycles. The van der Waals surface area contributed by atoms with Crippen molar-refractivity contribution >= 4 is 98.8 Å². The fourth-order valence-corrected chi connectivity index (χ4v) is 4.89. The maximum absolute atomic E-state index is 12.6. The first-order valence-electron chi connectivity index (χ1n) is 10.5. The van der Waals surface area contributed by atoms with Crippen molar-refractivity contribution in [3.63, 3.8) is 0 Å². The first kappa shape index (κ1) is 31.9. The van der Waals surface area contributed by atoms with Crippen LogP contribution in [-0.4, -0.2) is 49.5 Å². The van der Waals surface area contributed by atoms with E-state index in [1.54, 1.807) is 0 Å². The van der Waals surface area contributed by atoms with Gasteiger partial charge in [0.2, 0.25) is 9.70 Å². The van der Waals surface area contributed by atoms with Gasteiger partial charge >= 0.3 is 12.1 Å². The summed E-state index contributed by atoms with van der Waals surface area (Å²) in [4.78, 5) is 27.8. The van der Waals surface area contributed by atoms with Crippen molar-refractivity contribution in [1.29, 1.82) is 0 Å². The molecule has 0 radical (unpaired) electrons. The van der Waals surface area contributed by atoms with E-state index < -0.39 is 38.6 Å². The fraction of sp³-hybridized carbons (Fsp3) is 0.273. The standard InChI is InChI=1S/C12H10Cl2F3NO.C10H4Cl5N3O2/c13-5-7-6-18(11(19)10(7)14)9-3-1-2-8(4-9)12(15,16)17;11-4-1-2-6(5(12)3-4)18-9(10(13,14)15)16-7(17-18)8(19)20/h1-4,7,10H,5-6H2;1-3H,(H,19,20). The van der Waals surface area contributed by atoms with Crippen molar-refractivity contribution in [2.75, 3.05) is 17.3 Å². The fourth-order valence-electron chi connectivity index (χ4n) is 3.38. The summed E-state index contributed by atoms with van der Waals surface area (Å²) in [6.45, 7) is 0.234. The lowest BCUT2D eigenvalue weighted by Gasteiger charge is -2.18. The molecule has 2 aromatic carbocycles. The van der Waals surface area contributed by atoms with E-state index in [4.69, 9.17) is 86.3 Å². The number of benzene rings is 2. The molecule has 7 nitrogen and oxygen atoms in total. The number of carbonyl (C=O) groups is 2. The number of carboxylic acids is 1. The Hall–Kier alpha value is -1.66. The minimum absolute atomic E-state index is 0.190. The first-order valence-corrected chi connectivity index (χ1v) is 13.3. The minimum Gasteiger partial charge on any atom is -0.475 e. The number of rotatable bonds is 4. The lowest BCUT2D eigenvalue weighted by atomic mass is 10.1. The number of halogens is 10. The Morgan fingerprint density at radius 3 is 2.28 bits per heavy atom. The zero-order chi connectivity index (χ0) is 29.3. The summed E-state index contributed by atoms with van der Waals surface area (Å²) in [5.41, 5.74) is -0.311. The highest BCUT2D eigenvalue weighted by molar-refractivity contribution is 6.66. The van der Waals surface area contributed by atoms with E-state index in [9.17, 15) is 22.8 Å². The molecule has 1 aliphatic heterocycles. The van der Waals surface area contributed by atoms with Crippen LogP contribution < -0.4 is 4.90 Å². The van der Waals surface area contributed by atoms with Gasteiger partial charge in [-0.3, -0.25) is 4.79 Å². The van der Waals surface area contributed by atoms with Crippen molar-refractivity contribution < 1.29 is 27.9 Å². The molecule has 210 valence electrons. The third-order valence-electron chi connectivity index (χ3n) is 5.21. The Morgan fingerprint density at radius 2 is 1.77 bits per heavy atom. The SMILES string of the molecule is O=C(O)c1nc(C(Cl)(Cl)Cl)n(-c2ccc(Cl)cc2Cl)n1.O=C1C(Cl)C(CCl)CN1c1cccc(C(F)(F)F)c1. The summed E-state index contributed by atoms with van der Waals surface area (Å²) in [5, 5.41) is 12.5. The van der Waals surface area contributed by atoms with E-state index in [0.717, 1.165) is 16.8 Å². The Kier molecular flexibility index (Phi) is 10.2. The van der Waals surface area contributed by atoms with Crippen molar-refractivity contribution in [3.8, 4) is 5.69 Å². The van der Waals surface area contributed by atoms with Gasteiger partial charge in [0, 0.05) is 29.1 Å². The summed E-state index contributed by atoms with van der Waals surface area (Å²) >= 11 is 40.7. The average Bonchev–Trinajstić information content (AvgIpc) is 3.41. The molecule has 0 bridgehead atoms. The number of anilines is 1. The molecule has 0 spiro atoms. The maximum Gasteiger partial charge on any atom is 0.416 e. The van der Waals surface area contributed by atoms with E-state index in [-0.39, 0.29) is 40.6 Å². The smallest absolute Gasteiger partial charge is 0.416 e. The maximum atomic E-state index is 12.6. The molecule has 17 heteroatoms. The van der Waals surface area contributed by atoms with Crippen molar-refractivity contribution in [2.45, 2.75) is 15.3 Å². The zero-order valence-corrected chi connectivity index (χ0v) is 24.2. The highest BCUT2D eigenvalue weighted by atomic mass is 35.6. The van der Waals surface area contributed by atoms with E-state index in [2.05, 4.69) is 10.1 Å². The van der Waals surface area contributed by atoms with Crippen molar-refractivity contribution in [2.24, 2.45) is 5.92 Å². The number of alkyl halides is 8. The van der Waals surface area contributed by atoms with Crippen LogP contribution in [0.3, 0.4) is 0 Å². The molecule has 4 rings (SSSR count). The lowest BCUT2D eigenvalue weighted by molar-refractivity contribution is -0.137. The van der Waals surface area contributed by atoms with Gasteiger partial charge < -0.3 is 10.0 Å². The average molecular weight is 688 g/mol. The van der Waals surface area contributed by atoms with Crippen LogP contribution in [0.4, 0.5) is 18.9 Å². The lowest BCUT2D eigenvalue weighted by Crippen LogP contribution is -2.27. The van der Waals surface area contributed by atoms with E-state index in [1.165, 1.54) is 35.2 Å². The molecular weight excluding hydrogens is 673 g/mol. The Bertz CT molecular complexity index is 1380. The summed E-state index contributed by atoms with van der Waals surface area (Å²) in [5.74, 6) is -2.54. The zero-order valence-electron chi connectivity index (χ0n) is 18.9. The van der Waals surface area contributed by atoms with E-state index in [1.807, 2.05) is 0 Å². The number of aromatic carboxylic acids is 1. The summed E-state index contributed by atoms with van der Waals surface area (Å²) in [6, 6.07) is 9.11. The molecule has 1 fully saturated rings. The number of hydrogen-bond acceptors (Lipinski definition) is 4. The molecule has 0 aliphatic carbocycles. The molecule has 1 aliphatic rings. The van der Waals surface area contributed by atoms with Gasteiger partial charge in [-0.1, -0.05) is 64.1 Å². The number of nitrogens with zero attached hydrogens (tertiary/aromatic N) is 4. The molecule has 1 aromatic heterocycles. The van der Waals surface area contributed by atoms with Crippen LogP contribution in [-0.2, 0) is 14.8 Å². The van der Waals surface area contributed by atoms with Gasteiger partial charge in [0.25, 0.3) is 5.82 Å². The first-order chi connectivity index (χ1) is 18.0. The van der Waals surface area contributed by atoms with Crippen LogP contribution in [0.5, 0.6) is 0 Å². The summed E-state index contributed by atoms with van der Waals surface area (Å²) in [7, 11) is 0. The Morgan fingerprint density at radius 1 is 1.10 bits per heavy atom. The van der Waals surface area contributed by atoms with Gasteiger partial charge in [0.15, 0.2) is 5.82 Å². The van der Waals surface area contributed by atoms with Gasteiger partial charge in [-0.15, -0.1) is 28.3 Å². The van der Waals surface area contributed by atoms with Crippen LogP contribution in [0.1, 0.15) is 22.0 Å². The van der Waals surface area contributed by atoms with Crippen LogP contribution >= 0.6 is 81.2 Å². The molecule has 1 amide bonds. The molecule has 2 atom stereocenters. The largest absolute Gasteiger partial charge is 0.475 e. The molecule has 39 heavy (non-hydrogen) atoms. The van der Waals surface area contributed by atoms with Crippen molar-refractivity contribution in [3.05, 3.63) is 69.7 Å². The molecule has 0 saturated carbocycles. The summed E-state index contributed by atoms with van der Waals surface area (Å²) in [6.07, 6.45) is -4.44. The van der Waals surface area contributed by atoms with Gasteiger partial charge in [-0.2, -0.15) is 13.2 Å². The predicted octanol–water partition coefficient (Wildman–Crippen LogP) is 7.61.